The van der Waals surface area contributed by atoms with E-state index in [1.165, 1.54) is 21.5 Å². The first-order valence-electron chi connectivity index (χ1n) is 8.01. The second-order valence-electron chi connectivity index (χ2n) is 5.87. The van der Waals surface area contributed by atoms with Crippen LogP contribution in [0, 0.1) is 6.92 Å². The number of amides is 1. The Kier molecular flexibility index (Phi) is 4.14. The summed E-state index contributed by atoms with van der Waals surface area (Å²) in [6.07, 6.45) is 0. The fraction of sp³-hybridized carbons (Fsp3) is 0.105. The van der Waals surface area contributed by atoms with Gasteiger partial charge in [-0.2, -0.15) is 0 Å². The molecule has 0 aliphatic rings. The van der Waals surface area contributed by atoms with Crippen LogP contribution >= 0.6 is 11.3 Å². The number of para-hydroxylation sites is 2. The number of nitrogens with one attached hydrogen (secondary N) is 1. The standard InChI is InChI=1S/C19H15N3O3S/c1-12-6-8-13(9-7-12)14-11-26-18(20-14)21-17(23)10-22-15-4-2-3-5-16(15)25-19(22)24/h2-9,11H,10H2,1H3,(H,20,21,23). The average molecular weight is 365 g/mol. The van der Waals surface area contributed by atoms with Gasteiger partial charge in [-0.05, 0) is 19.1 Å². The molecule has 4 rings (SSSR count). The van der Waals surface area contributed by atoms with Crippen molar-refractivity contribution >= 4 is 33.5 Å². The number of hydrogen-bond acceptors (Lipinski definition) is 5. The predicted octanol–water partition coefficient (Wildman–Crippen LogP) is 3.67. The van der Waals surface area contributed by atoms with Crippen molar-refractivity contribution in [3.63, 3.8) is 0 Å². The van der Waals surface area contributed by atoms with Crippen molar-refractivity contribution in [3.8, 4) is 11.3 Å². The number of thiazole rings is 1. The molecule has 0 radical (unpaired) electrons. The molecular formula is C19H15N3O3S. The van der Waals surface area contributed by atoms with E-state index < -0.39 is 5.76 Å². The monoisotopic (exact) mass is 365 g/mol. The summed E-state index contributed by atoms with van der Waals surface area (Å²) in [5, 5.41) is 5.12. The molecule has 0 saturated heterocycles. The van der Waals surface area contributed by atoms with Crippen LogP contribution < -0.4 is 11.1 Å². The fourth-order valence-corrected chi connectivity index (χ4v) is 3.39. The van der Waals surface area contributed by atoms with Gasteiger partial charge in [-0.3, -0.25) is 9.36 Å². The lowest BCUT2D eigenvalue weighted by Gasteiger charge is -2.02. The Hall–Kier alpha value is -3.19. The van der Waals surface area contributed by atoms with Crippen LogP contribution in [0.1, 0.15) is 5.56 Å². The highest BCUT2D eigenvalue weighted by Gasteiger charge is 2.14. The molecule has 2 aromatic heterocycles. The van der Waals surface area contributed by atoms with Crippen molar-refractivity contribution in [1.82, 2.24) is 9.55 Å². The molecule has 2 aromatic carbocycles. The number of aromatic nitrogens is 2. The van der Waals surface area contributed by atoms with Crippen molar-refractivity contribution in [2.45, 2.75) is 13.5 Å². The number of fused-ring (bicyclic) bond motifs is 1. The molecule has 0 saturated carbocycles. The zero-order valence-corrected chi connectivity index (χ0v) is 14.7. The Morgan fingerprint density at radius 3 is 2.77 bits per heavy atom. The van der Waals surface area contributed by atoms with Crippen LogP contribution in [0.4, 0.5) is 5.13 Å². The summed E-state index contributed by atoms with van der Waals surface area (Å²) in [5.41, 5.74) is 4.02. The van der Waals surface area contributed by atoms with Crippen molar-refractivity contribution in [2.24, 2.45) is 0 Å². The minimum atomic E-state index is -0.555. The van der Waals surface area contributed by atoms with Gasteiger partial charge in [-0.15, -0.1) is 11.3 Å². The topological polar surface area (TPSA) is 77.1 Å². The molecule has 7 heteroatoms. The van der Waals surface area contributed by atoms with Crippen LogP contribution in [0.25, 0.3) is 22.4 Å². The number of aryl methyl sites for hydroxylation is 1. The molecule has 2 heterocycles. The van der Waals surface area contributed by atoms with Crippen LogP contribution in [0.15, 0.2) is 63.1 Å². The molecule has 130 valence electrons. The molecule has 26 heavy (non-hydrogen) atoms. The maximum atomic E-state index is 12.3. The summed E-state index contributed by atoms with van der Waals surface area (Å²) < 4.78 is 6.44. The molecule has 1 amide bonds. The third-order valence-electron chi connectivity index (χ3n) is 3.97. The van der Waals surface area contributed by atoms with E-state index in [2.05, 4.69) is 10.3 Å². The highest BCUT2D eigenvalue weighted by atomic mass is 32.1. The zero-order valence-electron chi connectivity index (χ0n) is 13.9. The Bertz CT molecular complexity index is 1140. The lowest BCUT2D eigenvalue weighted by Crippen LogP contribution is -2.24. The Morgan fingerprint density at radius 1 is 1.19 bits per heavy atom. The summed E-state index contributed by atoms with van der Waals surface area (Å²) in [5.74, 6) is -0.885. The van der Waals surface area contributed by atoms with Crippen LogP contribution in [0.2, 0.25) is 0 Å². The zero-order chi connectivity index (χ0) is 18.1. The third kappa shape index (κ3) is 3.16. The second kappa shape index (κ2) is 6.61. The maximum absolute atomic E-state index is 12.3. The molecule has 1 N–H and O–H groups in total. The number of hydrogen-bond donors (Lipinski definition) is 1. The lowest BCUT2D eigenvalue weighted by atomic mass is 10.1. The number of benzene rings is 2. The van der Waals surface area contributed by atoms with Gasteiger partial charge < -0.3 is 9.73 Å². The van der Waals surface area contributed by atoms with Crippen LogP contribution in [0.3, 0.4) is 0 Å². The summed E-state index contributed by atoms with van der Waals surface area (Å²) in [7, 11) is 0. The van der Waals surface area contributed by atoms with Gasteiger partial charge in [-0.25, -0.2) is 9.78 Å². The molecule has 0 aliphatic heterocycles. The quantitative estimate of drug-likeness (QED) is 0.599. The Morgan fingerprint density at radius 2 is 1.96 bits per heavy atom. The van der Waals surface area contributed by atoms with Crippen LogP contribution in [-0.2, 0) is 11.3 Å². The second-order valence-corrected chi connectivity index (χ2v) is 6.73. The molecule has 0 unspecified atom stereocenters. The smallest absolute Gasteiger partial charge is 0.408 e. The van der Waals surface area contributed by atoms with E-state index >= 15 is 0 Å². The number of nitrogens with zero attached hydrogens (tertiary/aromatic N) is 2. The number of oxazole rings is 1. The Labute approximate surface area is 152 Å². The van der Waals surface area contributed by atoms with E-state index in [9.17, 15) is 9.59 Å². The number of anilines is 1. The first kappa shape index (κ1) is 16.3. The number of rotatable bonds is 4. The van der Waals surface area contributed by atoms with Gasteiger partial charge in [0.2, 0.25) is 5.91 Å². The summed E-state index contributed by atoms with van der Waals surface area (Å²) in [4.78, 5) is 28.7. The first-order chi connectivity index (χ1) is 12.6. The SMILES string of the molecule is Cc1ccc(-c2csc(NC(=O)Cn3c(=O)oc4ccccc43)n2)cc1. The van der Waals surface area contributed by atoms with E-state index in [0.717, 1.165) is 11.3 Å². The lowest BCUT2D eigenvalue weighted by molar-refractivity contribution is -0.116. The van der Waals surface area contributed by atoms with Crippen molar-refractivity contribution in [1.29, 1.82) is 0 Å². The molecule has 6 nitrogen and oxygen atoms in total. The number of carbonyl (C=O) groups is 1. The first-order valence-corrected chi connectivity index (χ1v) is 8.89. The van der Waals surface area contributed by atoms with Gasteiger partial charge in [0.15, 0.2) is 10.7 Å². The highest BCUT2D eigenvalue weighted by molar-refractivity contribution is 7.14. The number of carbonyl (C=O) groups excluding carboxylic acids is 1. The Balaban J connectivity index is 1.51. The highest BCUT2D eigenvalue weighted by Crippen LogP contribution is 2.25. The molecule has 0 bridgehead atoms. The van der Waals surface area contributed by atoms with Gasteiger partial charge >= 0.3 is 5.76 Å². The van der Waals surface area contributed by atoms with Gasteiger partial charge in [-0.1, -0.05) is 42.0 Å². The maximum Gasteiger partial charge on any atom is 0.420 e. The molecule has 0 atom stereocenters. The van der Waals surface area contributed by atoms with Crippen LogP contribution in [0.5, 0.6) is 0 Å². The van der Waals surface area contributed by atoms with E-state index in [0.29, 0.717) is 16.2 Å². The van der Waals surface area contributed by atoms with Gasteiger partial charge in [0.1, 0.15) is 6.54 Å². The normalized spacial score (nSPS) is 11.0. The molecule has 0 spiro atoms. The average Bonchev–Trinajstić information content (AvgIpc) is 3.21. The molecular weight excluding hydrogens is 350 g/mol. The van der Waals surface area contributed by atoms with Gasteiger partial charge in [0.25, 0.3) is 0 Å². The third-order valence-corrected chi connectivity index (χ3v) is 4.73. The molecule has 0 aliphatic carbocycles. The van der Waals surface area contributed by atoms with Crippen molar-refractivity contribution in [3.05, 3.63) is 70.0 Å². The van der Waals surface area contributed by atoms with Crippen molar-refractivity contribution in [2.75, 3.05) is 5.32 Å². The van der Waals surface area contributed by atoms with Gasteiger partial charge in [0, 0.05) is 10.9 Å². The van der Waals surface area contributed by atoms with E-state index in [1.54, 1.807) is 24.3 Å². The van der Waals surface area contributed by atoms with E-state index in [1.807, 2.05) is 36.6 Å². The minimum absolute atomic E-state index is 0.130. The molecule has 0 fully saturated rings. The predicted molar refractivity (Wildman–Crippen MR) is 101 cm³/mol. The largest absolute Gasteiger partial charge is 0.420 e. The summed E-state index contributed by atoms with van der Waals surface area (Å²) in [6.45, 7) is 1.90. The van der Waals surface area contributed by atoms with Gasteiger partial charge in [0.05, 0.1) is 11.2 Å². The minimum Gasteiger partial charge on any atom is -0.408 e. The van der Waals surface area contributed by atoms with Crippen molar-refractivity contribution < 1.29 is 9.21 Å². The van der Waals surface area contributed by atoms with E-state index in [-0.39, 0.29) is 12.5 Å². The molecule has 4 aromatic rings. The summed E-state index contributed by atoms with van der Waals surface area (Å²) in [6, 6.07) is 15.0. The van der Waals surface area contributed by atoms with E-state index in [4.69, 9.17) is 4.42 Å². The summed E-state index contributed by atoms with van der Waals surface area (Å²) >= 11 is 1.34. The van der Waals surface area contributed by atoms with Crippen LogP contribution in [-0.4, -0.2) is 15.5 Å². The fourth-order valence-electron chi connectivity index (χ4n) is 2.65.